The number of carbonyl (C=O) groups is 1. The minimum Gasteiger partial charge on any atom is -0.365 e. The molecule has 4 nitrogen and oxygen atoms in total. The molecule has 1 saturated heterocycles. The van der Waals surface area contributed by atoms with Gasteiger partial charge in [0, 0.05) is 26.1 Å². The lowest BCUT2D eigenvalue weighted by Crippen LogP contribution is -2.78. The van der Waals surface area contributed by atoms with Crippen molar-refractivity contribution in [2.75, 3.05) is 14.2 Å². The Morgan fingerprint density at radius 1 is 1.18 bits per heavy atom. The molecule has 17 heavy (non-hydrogen) atoms. The van der Waals surface area contributed by atoms with Crippen molar-refractivity contribution in [3.8, 4) is 0 Å². The molecule has 1 aliphatic heterocycles. The first-order chi connectivity index (χ1) is 7.72. The first-order valence-corrected chi connectivity index (χ1v) is 6.03. The van der Waals surface area contributed by atoms with Crippen LogP contribution in [0.1, 0.15) is 34.1 Å². The predicted molar refractivity (Wildman–Crippen MR) is 62.6 cm³/mol. The fraction of sp³-hybridized carbons (Fsp3) is 0.923. The quantitative estimate of drug-likeness (QED) is 0.692. The summed E-state index contributed by atoms with van der Waals surface area (Å²) in [5.41, 5.74) is -0.786. The zero-order valence-electron chi connectivity index (χ0n) is 11.5. The normalized spacial score (nSPS) is 37.2. The van der Waals surface area contributed by atoms with Crippen LogP contribution in [0.15, 0.2) is 0 Å². The Labute approximate surface area is 103 Å². The molecule has 1 heterocycles. The number of Topliss-reactive ketones (excluding diaryl/α,β-unsaturated/α-hetero) is 1. The van der Waals surface area contributed by atoms with Crippen molar-refractivity contribution in [2.45, 2.75) is 51.6 Å². The van der Waals surface area contributed by atoms with E-state index in [0.717, 1.165) is 0 Å². The second kappa shape index (κ2) is 3.53. The van der Waals surface area contributed by atoms with Gasteiger partial charge in [0.25, 0.3) is 0 Å². The topological polar surface area (TPSA) is 44.8 Å². The Balaban J connectivity index is 2.37. The van der Waals surface area contributed by atoms with E-state index in [1.165, 1.54) is 0 Å². The lowest BCUT2D eigenvalue weighted by Gasteiger charge is -2.66. The van der Waals surface area contributed by atoms with Crippen LogP contribution in [-0.4, -0.2) is 37.5 Å². The zero-order chi connectivity index (χ0) is 13.1. The third kappa shape index (κ3) is 1.44. The Bertz CT molecular complexity index is 341. The van der Waals surface area contributed by atoms with Crippen molar-refractivity contribution in [2.24, 2.45) is 11.3 Å². The molecule has 0 bridgehead atoms. The molecule has 2 rings (SSSR count). The lowest BCUT2D eigenvalue weighted by molar-refractivity contribution is -0.417. The maximum atomic E-state index is 12.2. The van der Waals surface area contributed by atoms with E-state index in [9.17, 15) is 4.79 Å². The van der Waals surface area contributed by atoms with Crippen molar-refractivity contribution >= 4 is 5.78 Å². The highest BCUT2D eigenvalue weighted by Gasteiger charge is 2.74. The van der Waals surface area contributed by atoms with E-state index in [1.807, 2.05) is 27.7 Å². The third-order valence-corrected chi connectivity index (χ3v) is 4.35. The van der Waals surface area contributed by atoms with Crippen molar-refractivity contribution in [1.82, 2.24) is 0 Å². The number of fused-ring (bicyclic) bond motifs is 1. The number of ketones is 1. The van der Waals surface area contributed by atoms with Gasteiger partial charge in [0.2, 0.25) is 5.79 Å². The molecule has 2 fully saturated rings. The predicted octanol–water partition coefficient (Wildman–Crippen LogP) is 1.77. The minimum absolute atomic E-state index is 0.129. The van der Waals surface area contributed by atoms with E-state index in [0.29, 0.717) is 6.42 Å². The van der Waals surface area contributed by atoms with Crippen LogP contribution in [0.2, 0.25) is 0 Å². The number of rotatable bonds is 2. The molecule has 2 aliphatic rings. The maximum Gasteiger partial charge on any atom is 0.201 e. The standard InChI is InChI=1S/C13H22O4/c1-11(2)7-8(14)9-10(17-11)13(15-5,16-6)12(9,3)4/h9-10H,7H2,1-6H3/t9-,10-/m0/s1. The highest BCUT2D eigenvalue weighted by Crippen LogP contribution is 2.61. The number of hydrogen-bond acceptors (Lipinski definition) is 4. The third-order valence-electron chi connectivity index (χ3n) is 4.35. The Morgan fingerprint density at radius 2 is 1.71 bits per heavy atom. The summed E-state index contributed by atoms with van der Waals surface area (Å²) in [5.74, 6) is -0.693. The fourth-order valence-electron chi connectivity index (χ4n) is 3.56. The van der Waals surface area contributed by atoms with Gasteiger partial charge in [-0.25, -0.2) is 0 Å². The van der Waals surface area contributed by atoms with Crippen LogP contribution in [0.3, 0.4) is 0 Å². The van der Waals surface area contributed by atoms with Gasteiger partial charge in [-0.3, -0.25) is 4.79 Å². The van der Waals surface area contributed by atoms with Gasteiger partial charge < -0.3 is 14.2 Å². The maximum absolute atomic E-state index is 12.2. The number of carbonyl (C=O) groups excluding carboxylic acids is 1. The van der Waals surface area contributed by atoms with E-state index < -0.39 is 11.4 Å². The van der Waals surface area contributed by atoms with Gasteiger partial charge in [-0.15, -0.1) is 0 Å². The van der Waals surface area contributed by atoms with Crippen molar-refractivity contribution in [3.63, 3.8) is 0 Å². The lowest BCUT2D eigenvalue weighted by atomic mass is 9.51. The summed E-state index contributed by atoms with van der Waals surface area (Å²) in [5, 5.41) is 0. The molecule has 0 N–H and O–H groups in total. The van der Waals surface area contributed by atoms with Crippen molar-refractivity contribution in [3.05, 3.63) is 0 Å². The molecular weight excluding hydrogens is 220 g/mol. The average Bonchev–Trinajstić information content (AvgIpc) is 2.16. The summed E-state index contributed by atoms with van der Waals surface area (Å²) in [6.45, 7) is 7.87. The SMILES string of the molecule is COC1(OC)[C@H]2OC(C)(C)CC(=O)[C@@H]2C1(C)C. The first kappa shape index (κ1) is 13.0. The summed E-state index contributed by atoms with van der Waals surface area (Å²) in [6.07, 6.45) is 0.157. The number of ether oxygens (including phenoxy) is 3. The average molecular weight is 242 g/mol. The minimum atomic E-state index is -0.814. The smallest absolute Gasteiger partial charge is 0.201 e. The van der Waals surface area contributed by atoms with Gasteiger partial charge in [0.05, 0.1) is 11.5 Å². The Kier molecular flexibility index (Phi) is 2.70. The molecule has 0 aromatic heterocycles. The van der Waals surface area contributed by atoms with Crippen LogP contribution >= 0.6 is 0 Å². The molecule has 1 aliphatic carbocycles. The molecule has 4 heteroatoms. The number of hydrogen-bond donors (Lipinski definition) is 0. The molecule has 0 aromatic rings. The molecule has 0 radical (unpaired) electrons. The highest BCUT2D eigenvalue weighted by molar-refractivity contribution is 5.86. The Morgan fingerprint density at radius 3 is 2.18 bits per heavy atom. The van der Waals surface area contributed by atoms with Gasteiger partial charge in [0.15, 0.2) is 0 Å². The summed E-state index contributed by atoms with van der Waals surface area (Å²) in [4.78, 5) is 12.2. The largest absolute Gasteiger partial charge is 0.365 e. The summed E-state index contributed by atoms with van der Waals surface area (Å²) < 4.78 is 17.1. The first-order valence-electron chi connectivity index (χ1n) is 6.03. The fourth-order valence-corrected chi connectivity index (χ4v) is 3.56. The van der Waals surface area contributed by atoms with E-state index in [1.54, 1.807) is 14.2 Å². The van der Waals surface area contributed by atoms with Gasteiger partial charge >= 0.3 is 0 Å². The molecule has 1 saturated carbocycles. The molecule has 98 valence electrons. The van der Waals surface area contributed by atoms with Gasteiger partial charge in [-0.1, -0.05) is 13.8 Å². The van der Waals surface area contributed by atoms with Crippen LogP contribution in [0.4, 0.5) is 0 Å². The Hall–Kier alpha value is -0.450. The molecule has 2 atom stereocenters. The number of methoxy groups -OCH3 is 2. The van der Waals surface area contributed by atoms with Crippen LogP contribution in [0, 0.1) is 11.3 Å². The molecule has 0 unspecified atom stereocenters. The van der Waals surface area contributed by atoms with Crippen LogP contribution < -0.4 is 0 Å². The van der Waals surface area contributed by atoms with Crippen molar-refractivity contribution in [1.29, 1.82) is 0 Å². The molecule has 0 amide bonds. The summed E-state index contributed by atoms with van der Waals surface area (Å²) in [7, 11) is 3.22. The zero-order valence-corrected chi connectivity index (χ0v) is 11.5. The van der Waals surface area contributed by atoms with Crippen LogP contribution in [-0.2, 0) is 19.0 Å². The van der Waals surface area contributed by atoms with Crippen LogP contribution in [0.25, 0.3) is 0 Å². The second-order valence-electron chi connectivity index (χ2n) is 6.22. The molecule has 0 aromatic carbocycles. The van der Waals surface area contributed by atoms with E-state index in [-0.39, 0.29) is 23.2 Å². The second-order valence-corrected chi connectivity index (χ2v) is 6.22. The molecular formula is C13H22O4. The van der Waals surface area contributed by atoms with Crippen molar-refractivity contribution < 1.29 is 19.0 Å². The highest BCUT2D eigenvalue weighted by atomic mass is 16.7. The van der Waals surface area contributed by atoms with Gasteiger partial charge in [0.1, 0.15) is 11.9 Å². The summed E-state index contributed by atoms with van der Waals surface area (Å²) in [6, 6.07) is 0. The van der Waals surface area contributed by atoms with E-state index in [4.69, 9.17) is 14.2 Å². The molecule has 0 spiro atoms. The van der Waals surface area contributed by atoms with E-state index in [2.05, 4.69) is 0 Å². The van der Waals surface area contributed by atoms with E-state index >= 15 is 0 Å². The van der Waals surface area contributed by atoms with Gasteiger partial charge in [-0.2, -0.15) is 0 Å². The van der Waals surface area contributed by atoms with Gasteiger partial charge in [-0.05, 0) is 13.8 Å². The summed E-state index contributed by atoms with van der Waals surface area (Å²) >= 11 is 0. The van der Waals surface area contributed by atoms with Crippen LogP contribution in [0.5, 0.6) is 0 Å². The monoisotopic (exact) mass is 242 g/mol.